The van der Waals surface area contributed by atoms with Gasteiger partial charge in [-0.2, -0.15) is 0 Å². The van der Waals surface area contributed by atoms with Crippen molar-refractivity contribution in [1.29, 1.82) is 0 Å². The summed E-state index contributed by atoms with van der Waals surface area (Å²) < 4.78 is 0. The minimum atomic E-state index is 0.251. The van der Waals surface area contributed by atoms with Crippen LogP contribution in [0.1, 0.15) is 30.0 Å². The smallest absolute Gasteiger partial charge is 0.0434 e. The first-order chi connectivity index (χ1) is 9.81. The van der Waals surface area contributed by atoms with Gasteiger partial charge in [0.05, 0.1) is 0 Å². The third kappa shape index (κ3) is 4.39. The predicted molar refractivity (Wildman–Crippen MR) is 85.0 cm³/mol. The van der Waals surface area contributed by atoms with Gasteiger partial charge in [0.25, 0.3) is 0 Å². The minimum absolute atomic E-state index is 0.251. The van der Waals surface area contributed by atoms with E-state index in [2.05, 4.69) is 60.8 Å². The van der Waals surface area contributed by atoms with E-state index in [0.717, 1.165) is 31.5 Å². The second-order valence-corrected chi connectivity index (χ2v) is 5.05. The average Bonchev–Trinajstić information content (AvgIpc) is 2.52. The summed E-state index contributed by atoms with van der Waals surface area (Å²) in [5, 5.41) is 12.3. The van der Waals surface area contributed by atoms with Crippen molar-refractivity contribution >= 4 is 5.69 Å². The molecule has 106 valence electrons. The van der Waals surface area contributed by atoms with Crippen molar-refractivity contribution in [2.45, 2.75) is 32.7 Å². The number of hydrogen-bond donors (Lipinski definition) is 2. The van der Waals surface area contributed by atoms with E-state index in [1.165, 1.54) is 16.7 Å². The zero-order chi connectivity index (χ0) is 14.2. The second-order valence-electron chi connectivity index (χ2n) is 5.05. The lowest BCUT2D eigenvalue weighted by Crippen LogP contribution is -2.00. The second kappa shape index (κ2) is 7.71. The zero-order valence-electron chi connectivity index (χ0n) is 12.1. The van der Waals surface area contributed by atoms with E-state index in [1.807, 2.05) is 0 Å². The molecule has 2 nitrogen and oxygen atoms in total. The summed E-state index contributed by atoms with van der Waals surface area (Å²) in [6.45, 7) is 3.26. The Morgan fingerprint density at radius 3 is 2.40 bits per heavy atom. The number of hydrogen-bond acceptors (Lipinski definition) is 2. The Hall–Kier alpha value is -1.80. The van der Waals surface area contributed by atoms with Gasteiger partial charge in [-0.25, -0.2) is 0 Å². The molecule has 0 heterocycles. The number of benzene rings is 2. The van der Waals surface area contributed by atoms with Gasteiger partial charge in [0, 0.05) is 18.8 Å². The summed E-state index contributed by atoms with van der Waals surface area (Å²) >= 11 is 0. The third-order valence-electron chi connectivity index (χ3n) is 3.48. The van der Waals surface area contributed by atoms with Gasteiger partial charge in [0.2, 0.25) is 0 Å². The normalized spacial score (nSPS) is 10.5. The van der Waals surface area contributed by atoms with E-state index < -0.39 is 0 Å². The highest BCUT2D eigenvalue weighted by Crippen LogP contribution is 2.14. The topological polar surface area (TPSA) is 32.3 Å². The highest BCUT2D eigenvalue weighted by atomic mass is 16.2. The molecule has 0 aliphatic carbocycles. The minimum Gasteiger partial charge on any atom is -0.396 e. The van der Waals surface area contributed by atoms with E-state index in [1.54, 1.807) is 0 Å². The molecule has 0 amide bonds. The highest BCUT2D eigenvalue weighted by molar-refractivity contribution is 5.46. The van der Waals surface area contributed by atoms with Crippen LogP contribution in [0.15, 0.2) is 48.5 Å². The molecule has 0 spiro atoms. The Balaban J connectivity index is 1.92. The van der Waals surface area contributed by atoms with Crippen molar-refractivity contribution < 1.29 is 5.11 Å². The molecule has 0 bridgehead atoms. The van der Waals surface area contributed by atoms with Crippen molar-refractivity contribution in [2.75, 3.05) is 11.9 Å². The number of nitrogens with one attached hydrogen (secondary N) is 1. The third-order valence-corrected chi connectivity index (χ3v) is 3.48. The number of aliphatic hydroxyl groups is 1. The van der Waals surface area contributed by atoms with Crippen LogP contribution in [-0.2, 0) is 19.4 Å². The summed E-state index contributed by atoms with van der Waals surface area (Å²) in [5.41, 5.74) is 5.08. The summed E-state index contributed by atoms with van der Waals surface area (Å²) in [7, 11) is 0. The van der Waals surface area contributed by atoms with Crippen LogP contribution in [0.25, 0.3) is 0 Å². The number of rotatable bonds is 7. The largest absolute Gasteiger partial charge is 0.396 e. The van der Waals surface area contributed by atoms with Crippen LogP contribution in [-0.4, -0.2) is 11.7 Å². The van der Waals surface area contributed by atoms with E-state index in [4.69, 9.17) is 5.11 Å². The molecule has 0 aromatic heterocycles. The van der Waals surface area contributed by atoms with Gasteiger partial charge >= 0.3 is 0 Å². The van der Waals surface area contributed by atoms with Crippen molar-refractivity contribution in [3.05, 3.63) is 65.2 Å². The summed E-state index contributed by atoms with van der Waals surface area (Å²) in [4.78, 5) is 0. The monoisotopic (exact) mass is 269 g/mol. The molecule has 0 aliphatic rings. The Bertz CT molecular complexity index is 519. The first kappa shape index (κ1) is 14.6. The molecular weight excluding hydrogens is 246 g/mol. The van der Waals surface area contributed by atoms with Gasteiger partial charge in [-0.15, -0.1) is 0 Å². The first-order valence-electron chi connectivity index (χ1n) is 7.33. The SMILES string of the molecule is CCc1ccc(CNc2cccc(CCCO)c2)cc1. The molecule has 2 heteroatoms. The molecule has 2 aromatic rings. The van der Waals surface area contributed by atoms with Crippen LogP contribution in [0.4, 0.5) is 5.69 Å². The fraction of sp³-hybridized carbons (Fsp3) is 0.333. The summed E-state index contributed by atoms with van der Waals surface area (Å²) in [6.07, 6.45) is 2.83. The maximum atomic E-state index is 8.88. The van der Waals surface area contributed by atoms with E-state index in [9.17, 15) is 0 Å². The lowest BCUT2D eigenvalue weighted by molar-refractivity contribution is 0.288. The van der Waals surface area contributed by atoms with Crippen LogP contribution in [0.3, 0.4) is 0 Å². The summed E-state index contributed by atoms with van der Waals surface area (Å²) in [6, 6.07) is 17.2. The molecule has 0 atom stereocenters. The average molecular weight is 269 g/mol. The maximum absolute atomic E-state index is 8.88. The van der Waals surface area contributed by atoms with E-state index in [-0.39, 0.29) is 6.61 Å². The van der Waals surface area contributed by atoms with Gasteiger partial charge in [-0.05, 0) is 48.1 Å². The zero-order valence-corrected chi connectivity index (χ0v) is 12.1. The van der Waals surface area contributed by atoms with Gasteiger partial charge < -0.3 is 10.4 Å². The molecule has 0 saturated heterocycles. The molecular formula is C18H23NO. The number of aryl methyl sites for hydroxylation is 2. The first-order valence-corrected chi connectivity index (χ1v) is 7.33. The van der Waals surface area contributed by atoms with Crippen molar-refractivity contribution in [3.63, 3.8) is 0 Å². The van der Waals surface area contributed by atoms with Crippen LogP contribution < -0.4 is 5.32 Å². The van der Waals surface area contributed by atoms with Crippen molar-refractivity contribution in [1.82, 2.24) is 0 Å². The Morgan fingerprint density at radius 1 is 0.950 bits per heavy atom. The Kier molecular flexibility index (Phi) is 5.63. The van der Waals surface area contributed by atoms with Gasteiger partial charge in [-0.3, -0.25) is 0 Å². The van der Waals surface area contributed by atoms with Crippen LogP contribution >= 0.6 is 0 Å². The Labute approximate surface area is 121 Å². The maximum Gasteiger partial charge on any atom is 0.0434 e. The molecule has 0 fully saturated rings. The van der Waals surface area contributed by atoms with E-state index >= 15 is 0 Å². The fourth-order valence-electron chi connectivity index (χ4n) is 2.22. The Morgan fingerprint density at radius 2 is 1.70 bits per heavy atom. The number of aliphatic hydroxyl groups excluding tert-OH is 1. The molecule has 2 rings (SSSR count). The highest BCUT2D eigenvalue weighted by Gasteiger charge is 1.97. The van der Waals surface area contributed by atoms with Gasteiger partial charge in [0.1, 0.15) is 0 Å². The molecule has 0 unspecified atom stereocenters. The fourth-order valence-corrected chi connectivity index (χ4v) is 2.22. The number of anilines is 1. The van der Waals surface area contributed by atoms with Crippen LogP contribution in [0.2, 0.25) is 0 Å². The lowest BCUT2D eigenvalue weighted by atomic mass is 10.1. The van der Waals surface area contributed by atoms with Crippen LogP contribution in [0.5, 0.6) is 0 Å². The van der Waals surface area contributed by atoms with Crippen molar-refractivity contribution in [3.8, 4) is 0 Å². The van der Waals surface area contributed by atoms with E-state index in [0.29, 0.717) is 0 Å². The van der Waals surface area contributed by atoms with Crippen LogP contribution in [0, 0.1) is 0 Å². The molecule has 2 N–H and O–H groups in total. The summed E-state index contributed by atoms with van der Waals surface area (Å²) in [5.74, 6) is 0. The van der Waals surface area contributed by atoms with Gasteiger partial charge in [-0.1, -0.05) is 43.3 Å². The molecule has 2 aromatic carbocycles. The van der Waals surface area contributed by atoms with Gasteiger partial charge in [0.15, 0.2) is 0 Å². The predicted octanol–water partition coefficient (Wildman–Crippen LogP) is 3.79. The molecule has 0 saturated carbocycles. The quantitative estimate of drug-likeness (QED) is 0.801. The van der Waals surface area contributed by atoms with Crippen molar-refractivity contribution in [2.24, 2.45) is 0 Å². The standard InChI is InChI=1S/C18H23NO/c1-2-15-8-10-17(11-9-15)14-19-18-7-3-5-16(13-18)6-4-12-20/h3,5,7-11,13,19-20H,2,4,6,12,14H2,1H3. The molecule has 0 aliphatic heterocycles. The lowest BCUT2D eigenvalue weighted by Gasteiger charge is -2.09. The molecule has 0 radical (unpaired) electrons. The molecule has 20 heavy (non-hydrogen) atoms.